The van der Waals surface area contributed by atoms with Crippen molar-refractivity contribution in [3.05, 3.63) is 0 Å². The van der Waals surface area contributed by atoms with Crippen LogP contribution in [-0.2, 0) is 9.53 Å². The summed E-state index contributed by atoms with van der Waals surface area (Å²) < 4.78 is 5.53. The van der Waals surface area contributed by atoms with Crippen molar-refractivity contribution in [3.8, 4) is 0 Å². The van der Waals surface area contributed by atoms with Crippen molar-refractivity contribution in [2.24, 2.45) is 11.3 Å². The van der Waals surface area contributed by atoms with Crippen molar-refractivity contribution >= 4 is 5.97 Å². The number of ether oxygens (including phenoxy) is 1. The highest BCUT2D eigenvalue weighted by Gasteiger charge is 2.54. The molecule has 0 unspecified atom stereocenters. The molecule has 1 saturated carbocycles. The van der Waals surface area contributed by atoms with E-state index in [1.54, 1.807) is 0 Å². The maximum atomic E-state index is 11.5. The first kappa shape index (κ1) is 13.8. The van der Waals surface area contributed by atoms with E-state index in [4.69, 9.17) is 4.74 Å². The van der Waals surface area contributed by atoms with Gasteiger partial charge in [-0.1, -0.05) is 6.42 Å². The number of fused-ring (bicyclic) bond motifs is 1. The zero-order valence-electron chi connectivity index (χ0n) is 11.5. The highest BCUT2D eigenvalue weighted by Crippen LogP contribution is 2.48. The van der Waals surface area contributed by atoms with Gasteiger partial charge in [0.15, 0.2) is 0 Å². The fraction of sp³-hybridized carbons (Fsp3) is 0.929. The third-order valence-electron chi connectivity index (χ3n) is 4.44. The van der Waals surface area contributed by atoms with Gasteiger partial charge in [0.05, 0.1) is 11.5 Å². The summed E-state index contributed by atoms with van der Waals surface area (Å²) in [5, 5.41) is 9.48. The molecule has 104 valence electrons. The Morgan fingerprint density at radius 3 is 2.94 bits per heavy atom. The number of carbonyl (C=O) groups is 1. The molecular formula is C14H25NO3. The van der Waals surface area contributed by atoms with Gasteiger partial charge >= 0.3 is 5.97 Å². The molecule has 0 amide bonds. The van der Waals surface area contributed by atoms with Crippen LogP contribution in [0.3, 0.4) is 0 Å². The number of carboxylic acid groups (broad SMARTS) is 1. The average Bonchev–Trinajstić information content (AvgIpc) is 2.80. The first-order valence-electron chi connectivity index (χ1n) is 7.12. The lowest BCUT2D eigenvalue weighted by atomic mass is 9.81. The lowest BCUT2D eigenvalue weighted by Gasteiger charge is -2.23. The fourth-order valence-corrected chi connectivity index (χ4v) is 3.52. The van der Waals surface area contributed by atoms with Gasteiger partial charge in [0.2, 0.25) is 0 Å². The van der Waals surface area contributed by atoms with E-state index in [0.29, 0.717) is 5.92 Å². The second-order valence-electron chi connectivity index (χ2n) is 6.06. The number of likely N-dealkylation sites (tertiary alicyclic amines) is 1. The van der Waals surface area contributed by atoms with E-state index in [2.05, 4.69) is 4.90 Å². The van der Waals surface area contributed by atoms with Crippen molar-refractivity contribution in [1.82, 2.24) is 4.90 Å². The Morgan fingerprint density at radius 1 is 1.56 bits per heavy atom. The van der Waals surface area contributed by atoms with Crippen LogP contribution in [-0.4, -0.2) is 48.3 Å². The quantitative estimate of drug-likeness (QED) is 0.737. The highest BCUT2D eigenvalue weighted by atomic mass is 16.5. The molecule has 2 fully saturated rings. The topological polar surface area (TPSA) is 49.8 Å². The van der Waals surface area contributed by atoms with E-state index < -0.39 is 11.4 Å². The lowest BCUT2D eigenvalue weighted by Crippen LogP contribution is -2.36. The van der Waals surface area contributed by atoms with Crippen LogP contribution >= 0.6 is 0 Å². The van der Waals surface area contributed by atoms with Gasteiger partial charge in [0.1, 0.15) is 0 Å². The van der Waals surface area contributed by atoms with Gasteiger partial charge < -0.3 is 14.7 Å². The molecule has 2 rings (SSSR count). The van der Waals surface area contributed by atoms with Gasteiger partial charge in [-0.25, -0.2) is 0 Å². The van der Waals surface area contributed by atoms with Gasteiger partial charge in [0.25, 0.3) is 0 Å². The van der Waals surface area contributed by atoms with Gasteiger partial charge in [-0.2, -0.15) is 0 Å². The Balaban J connectivity index is 1.79. The summed E-state index contributed by atoms with van der Waals surface area (Å²) >= 11 is 0. The summed E-state index contributed by atoms with van der Waals surface area (Å²) in [6, 6.07) is 0. The molecule has 1 aliphatic heterocycles. The third kappa shape index (κ3) is 2.69. The van der Waals surface area contributed by atoms with E-state index in [-0.39, 0.29) is 6.10 Å². The van der Waals surface area contributed by atoms with Crippen LogP contribution in [0.2, 0.25) is 0 Å². The molecule has 4 heteroatoms. The Labute approximate surface area is 109 Å². The first-order valence-corrected chi connectivity index (χ1v) is 7.12. The third-order valence-corrected chi connectivity index (χ3v) is 4.44. The van der Waals surface area contributed by atoms with Crippen LogP contribution < -0.4 is 0 Å². The van der Waals surface area contributed by atoms with Gasteiger partial charge in [-0.05, 0) is 39.0 Å². The zero-order chi connectivity index (χ0) is 13.2. The Kier molecular flexibility index (Phi) is 4.28. The van der Waals surface area contributed by atoms with Crippen molar-refractivity contribution in [2.45, 2.75) is 45.6 Å². The monoisotopic (exact) mass is 255 g/mol. The van der Waals surface area contributed by atoms with Crippen LogP contribution in [0.1, 0.15) is 39.5 Å². The molecule has 0 bridgehead atoms. The smallest absolute Gasteiger partial charge is 0.311 e. The summed E-state index contributed by atoms with van der Waals surface area (Å²) in [7, 11) is 0. The molecule has 0 aromatic heterocycles. The molecule has 0 radical (unpaired) electrons. The minimum Gasteiger partial charge on any atom is -0.481 e. The molecule has 18 heavy (non-hydrogen) atoms. The summed E-state index contributed by atoms with van der Waals surface area (Å²) in [6.07, 6.45) is 4.33. The number of nitrogens with zero attached hydrogens (tertiary/aromatic N) is 1. The fourth-order valence-electron chi connectivity index (χ4n) is 3.52. The molecule has 2 atom stereocenters. The van der Waals surface area contributed by atoms with Gasteiger partial charge in [-0.15, -0.1) is 0 Å². The SMILES string of the molecule is CC(C)OCCCN1C[C@@H]2CCC[C@@]2(C(=O)O)C1. The number of hydrogen-bond donors (Lipinski definition) is 1. The van der Waals surface area contributed by atoms with Gasteiger partial charge in [-0.3, -0.25) is 4.79 Å². The first-order chi connectivity index (χ1) is 8.54. The molecule has 4 nitrogen and oxygen atoms in total. The summed E-state index contributed by atoms with van der Waals surface area (Å²) in [6.45, 7) is 7.54. The molecular weight excluding hydrogens is 230 g/mol. The minimum atomic E-state index is -0.578. The maximum Gasteiger partial charge on any atom is 0.311 e. The van der Waals surface area contributed by atoms with Crippen molar-refractivity contribution in [3.63, 3.8) is 0 Å². The van der Waals surface area contributed by atoms with E-state index in [1.807, 2.05) is 13.8 Å². The number of aliphatic carboxylic acids is 1. The normalized spacial score (nSPS) is 32.1. The van der Waals surface area contributed by atoms with Crippen LogP contribution in [0, 0.1) is 11.3 Å². The minimum absolute atomic E-state index is 0.285. The van der Waals surface area contributed by atoms with Gasteiger partial charge in [0, 0.05) is 26.2 Å². The summed E-state index contributed by atoms with van der Waals surface area (Å²) in [5.41, 5.74) is -0.432. The second-order valence-corrected chi connectivity index (χ2v) is 6.06. The van der Waals surface area contributed by atoms with Crippen LogP contribution in [0.15, 0.2) is 0 Å². The predicted molar refractivity (Wildman–Crippen MR) is 69.6 cm³/mol. The Hall–Kier alpha value is -0.610. The zero-order valence-corrected chi connectivity index (χ0v) is 11.5. The standard InChI is InChI=1S/C14H25NO3/c1-11(2)18-8-4-7-15-9-12-5-3-6-14(12,10-15)13(16)17/h11-12H,3-10H2,1-2H3,(H,16,17)/t12-,14+/m0/s1. The van der Waals surface area contributed by atoms with Crippen molar-refractivity contribution in [2.75, 3.05) is 26.2 Å². The predicted octanol–water partition coefficient (Wildman–Crippen LogP) is 1.99. The highest BCUT2D eigenvalue weighted by molar-refractivity contribution is 5.76. The summed E-state index contributed by atoms with van der Waals surface area (Å²) in [4.78, 5) is 13.8. The van der Waals surface area contributed by atoms with E-state index >= 15 is 0 Å². The largest absolute Gasteiger partial charge is 0.481 e. The summed E-state index contributed by atoms with van der Waals surface area (Å²) in [5.74, 6) is -0.202. The number of hydrogen-bond acceptors (Lipinski definition) is 3. The second kappa shape index (κ2) is 5.57. The molecule has 0 aromatic carbocycles. The molecule has 0 spiro atoms. The van der Waals surface area contributed by atoms with Crippen molar-refractivity contribution in [1.29, 1.82) is 0 Å². The lowest BCUT2D eigenvalue weighted by molar-refractivity contribution is -0.149. The van der Waals surface area contributed by atoms with E-state index in [9.17, 15) is 9.90 Å². The van der Waals surface area contributed by atoms with E-state index in [0.717, 1.165) is 51.9 Å². The Bertz CT molecular complexity index is 305. The maximum absolute atomic E-state index is 11.5. The molecule has 1 saturated heterocycles. The Morgan fingerprint density at radius 2 is 2.33 bits per heavy atom. The number of rotatable bonds is 6. The van der Waals surface area contributed by atoms with Crippen LogP contribution in [0.25, 0.3) is 0 Å². The van der Waals surface area contributed by atoms with Crippen LogP contribution in [0.4, 0.5) is 0 Å². The van der Waals surface area contributed by atoms with Crippen LogP contribution in [0.5, 0.6) is 0 Å². The molecule has 2 aliphatic rings. The molecule has 1 heterocycles. The molecule has 1 N–H and O–H groups in total. The van der Waals surface area contributed by atoms with E-state index in [1.165, 1.54) is 0 Å². The average molecular weight is 255 g/mol. The number of carboxylic acids is 1. The van der Waals surface area contributed by atoms with Crippen molar-refractivity contribution < 1.29 is 14.6 Å². The molecule has 1 aliphatic carbocycles. The molecule has 0 aromatic rings.